The van der Waals surface area contributed by atoms with Crippen LogP contribution in [0.1, 0.15) is 31.9 Å². The Morgan fingerprint density at radius 1 is 1.35 bits per heavy atom. The fourth-order valence-corrected chi connectivity index (χ4v) is 2.05. The van der Waals surface area contributed by atoms with Crippen LogP contribution in [0.15, 0.2) is 24.5 Å². The van der Waals surface area contributed by atoms with Crippen molar-refractivity contribution >= 4 is 0 Å². The van der Waals surface area contributed by atoms with Crippen LogP contribution in [0, 0.1) is 0 Å². The molecule has 0 amide bonds. The number of pyridine rings is 1. The zero-order valence-corrected chi connectivity index (χ0v) is 10.9. The third kappa shape index (κ3) is 4.42. The van der Waals surface area contributed by atoms with Crippen LogP contribution < -0.4 is 5.73 Å². The van der Waals surface area contributed by atoms with E-state index >= 15 is 0 Å². The number of nitrogens with zero attached hydrogens (tertiary/aromatic N) is 2. The Hall–Kier alpha value is -0.970. The number of aliphatic hydroxyl groups is 1. The highest BCUT2D eigenvalue weighted by Gasteiger charge is 2.20. The minimum Gasteiger partial charge on any atom is -0.393 e. The van der Waals surface area contributed by atoms with E-state index in [9.17, 15) is 5.11 Å². The third-order valence-electron chi connectivity index (χ3n) is 2.92. The zero-order valence-electron chi connectivity index (χ0n) is 10.9. The molecule has 4 nitrogen and oxygen atoms in total. The first-order valence-corrected chi connectivity index (χ1v) is 6.06. The molecule has 0 radical (unpaired) electrons. The fraction of sp³-hybridized carbons (Fsp3) is 0.615. The lowest BCUT2D eigenvalue weighted by molar-refractivity contribution is 0.143. The summed E-state index contributed by atoms with van der Waals surface area (Å²) in [5, 5.41) is 9.32. The van der Waals surface area contributed by atoms with Crippen molar-refractivity contribution in [2.45, 2.75) is 38.5 Å². The molecule has 1 rings (SSSR count). The van der Waals surface area contributed by atoms with Crippen LogP contribution in [0.4, 0.5) is 0 Å². The largest absolute Gasteiger partial charge is 0.393 e. The van der Waals surface area contributed by atoms with E-state index in [0.29, 0.717) is 0 Å². The average Bonchev–Trinajstić information content (AvgIpc) is 2.27. The monoisotopic (exact) mass is 237 g/mol. The minimum atomic E-state index is -0.274. The first-order valence-electron chi connectivity index (χ1n) is 6.06. The minimum absolute atomic E-state index is 0.0383. The van der Waals surface area contributed by atoms with Gasteiger partial charge in [0.2, 0.25) is 0 Å². The summed E-state index contributed by atoms with van der Waals surface area (Å²) in [6, 6.07) is 4.19. The van der Waals surface area contributed by atoms with Crippen LogP contribution in [0.3, 0.4) is 0 Å². The Bertz CT molecular complexity index is 314. The highest BCUT2D eigenvalue weighted by atomic mass is 16.3. The van der Waals surface area contributed by atoms with Gasteiger partial charge >= 0.3 is 0 Å². The Morgan fingerprint density at radius 3 is 2.41 bits per heavy atom. The first-order chi connectivity index (χ1) is 8.02. The molecule has 17 heavy (non-hydrogen) atoms. The molecule has 3 N–H and O–H groups in total. The Labute approximate surface area is 103 Å². The highest BCUT2D eigenvalue weighted by molar-refractivity contribution is 5.16. The lowest BCUT2D eigenvalue weighted by atomic mass is 10.0. The highest BCUT2D eigenvalue weighted by Crippen LogP contribution is 2.21. The van der Waals surface area contributed by atoms with Gasteiger partial charge in [0.25, 0.3) is 0 Å². The second-order valence-electron chi connectivity index (χ2n) is 4.70. The normalized spacial score (nSPS) is 16.8. The number of aromatic nitrogens is 1. The number of hydrogen-bond donors (Lipinski definition) is 2. The summed E-state index contributed by atoms with van der Waals surface area (Å²) in [5.41, 5.74) is 7.22. The molecule has 0 aliphatic rings. The van der Waals surface area contributed by atoms with Crippen molar-refractivity contribution in [3.05, 3.63) is 30.1 Å². The number of likely N-dealkylation sites (N-methyl/N-ethyl adjacent to an activating group) is 1. The molecule has 1 heterocycles. The smallest absolute Gasteiger partial charge is 0.0524 e. The van der Waals surface area contributed by atoms with Crippen LogP contribution in [-0.2, 0) is 0 Å². The van der Waals surface area contributed by atoms with E-state index in [1.165, 1.54) is 5.56 Å². The molecule has 3 atom stereocenters. The van der Waals surface area contributed by atoms with Gasteiger partial charge in [-0.05, 0) is 45.0 Å². The van der Waals surface area contributed by atoms with E-state index in [0.717, 1.165) is 13.0 Å². The van der Waals surface area contributed by atoms with E-state index in [1.54, 1.807) is 19.3 Å². The molecular formula is C13H23N3O. The predicted octanol–water partition coefficient (Wildman–Crippen LogP) is 1.17. The van der Waals surface area contributed by atoms with Crippen LogP contribution in [0.25, 0.3) is 0 Å². The van der Waals surface area contributed by atoms with Crippen LogP contribution >= 0.6 is 0 Å². The molecule has 1 aromatic heterocycles. The topological polar surface area (TPSA) is 62.4 Å². The van der Waals surface area contributed by atoms with Gasteiger partial charge in [0.15, 0.2) is 0 Å². The summed E-state index contributed by atoms with van der Waals surface area (Å²) in [7, 11) is 2.04. The van der Waals surface area contributed by atoms with Crippen molar-refractivity contribution in [3.63, 3.8) is 0 Å². The lowest BCUT2D eigenvalue weighted by Crippen LogP contribution is -2.38. The molecule has 4 heteroatoms. The molecule has 0 fully saturated rings. The van der Waals surface area contributed by atoms with Gasteiger partial charge in [-0.2, -0.15) is 0 Å². The van der Waals surface area contributed by atoms with E-state index in [-0.39, 0.29) is 18.2 Å². The van der Waals surface area contributed by atoms with Crippen molar-refractivity contribution < 1.29 is 5.11 Å². The third-order valence-corrected chi connectivity index (χ3v) is 2.92. The maximum Gasteiger partial charge on any atom is 0.0524 e. The van der Waals surface area contributed by atoms with E-state index in [4.69, 9.17) is 5.73 Å². The average molecular weight is 237 g/mol. The van der Waals surface area contributed by atoms with Crippen molar-refractivity contribution in [1.29, 1.82) is 0 Å². The van der Waals surface area contributed by atoms with Gasteiger partial charge in [0.1, 0.15) is 0 Å². The van der Waals surface area contributed by atoms with Gasteiger partial charge in [0.05, 0.1) is 6.10 Å². The molecule has 0 saturated carbocycles. The Balaban J connectivity index is 2.72. The molecule has 3 unspecified atom stereocenters. The molecule has 0 saturated heterocycles. The van der Waals surface area contributed by atoms with Gasteiger partial charge in [-0.3, -0.25) is 9.88 Å². The van der Waals surface area contributed by atoms with Gasteiger partial charge in [0, 0.05) is 31.0 Å². The summed E-state index contributed by atoms with van der Waals surface area (Å²) in [5.74, 6) is 0. The summed E-state index contributed by atoms with van der Waals surface area (Å²) in [6.45, 7) is 4.64. The van der Waals surface area contributed by atoms with Crippen molar-refractivity contribution in [2.24, 2.45) is 5.73 Å². The van der Waals surface area contributed by atoms with E-state index in [2.05, 4.69) is 9.88 Å². The maximum atomic E-state index is 9.32. The number of rotatable bonds is 6. The molecule has 0 spiro atoms. The first kappa shape index (κ1) is 14.1. The molecule has 0 aliphatic heterocycles. The van der Waals surface area contributed by atoms with Crippen molar-refractivity contribution in [1.82, 2.24) is 9.88 Å². The molecular weight excluding hydrogens is 214 g/mol. The van der Waals surface area contributed by atoms with Gasteiger partial charge < -0.3 is 10.8 Å². The predicted molar refractivity (Wildman–Crippen MR) is 69.6 cm³/mol. The molecule has 96 valence electrons. The summed E-state index contributed by atoms with van der Waals surface area (Å²) < 4.78 is 0. The summed E-state index contributed by atoms with van der Waals surface area (Å²) in [4.78, 5) is 6.21. The van der Waals surface area contributed by atoms with Gasteiger partial charge in [-0.15, -0.1) is 0 Å². The molecule has 0 bridgehead atoms. The van der Waals surface area contributed by atoms with Crippen LogP contribution in [0.2, 0.25) is 0 Å². The quantitative estimate of drug-likeness (QED) is 0.779. The Morgan fingerprint density at radius 2 is 1.94 bits per heavy atom. The van der Waals surface area contributed by atoms with E-state index in [1.807, 2.05) is 26.1 Å². The number of hydrogen-bond acceptors (Lipinski definition) is 4. The summed E-state index contributed by atoms with van der Waals surface area (Å²) in [6.07, 6.45) is 4.05. The molecule has 0 aromatic carbocycles. The van der Waals surface area contributed by atoms with Crippen molar-refractivity contribution in [2.75, 3.05) is 13.6 Å². The zero-order chi connectivity index (χ0) is 12.8. The SMILES string of the molecule is CC(O)CCN(C)C(c1ccncc1)C(C)N. The van der Waals surface area contributed by atoms with Crippen LogP contribution in [-0.4, -0.2) is 40.7 Å². The lowest BCUT2D eigenvalue weighted by Gasteiger charge is -2.31. The van der Waals surface area contributed by atoms with Gasteiger partial charge in [-0.25, -0.2) is 0 Å². The summed E-state index contributed by atoms with van der Waals surface area (Å²) >= 11 is 0. The Kier molecular flexibility index (Phi) is 5.55. The van der Waals surface area contributed by atoms with Crippen LogP contribution in [0.5, 0.6) is 0 Å². The van der Waals surface area contributed by atoms with Gasteiger partial charge in [-0.1, -0.05) is 0 Å². The number of nitrogens with two attached hydrogens (primary N) is 1. The molecule has 1 aromatic rings. The second-order valence-corrected chi connectivity index (χ2v) is 4.70. The number of aliphatic hydroxyl groups excluding tert-OH is 1. The second kappa shape index (κ2) is 6.69. The van der Waals surface area contributed by atoms with E-state index < -0.39 is 0 Å². The standard InChI is InChI=1S/C13H23N3O/c1-10(17)6-9-16(3)13(11(2)14)12-4-7-15-8-5-12/h4-5,7-8,10-11,13,17H,6,9,14H2,1-3H3. The maximum absolute atomic E-state index is 9.32. The van der Waals surface area contributed by atoms with Crippen molar-refractivity contribution in [3.8, 4) is 0 Å². The molecule has 0 aliphatic carbocycles. The fourth-order valence-electron chi connectivity index (χ4n) is 2.05.